The Kier molecular flexibility index (Phi) is 9.43. The highest BCUT2D eigenvalue weighted by Crippen LogP contribution is 2.26. The third-order valence-corrected chi connectivity index (χ3v) is 6.23. The summed E-state index contributed by atoms with van der Waals surface area (Å²) < 4.78 is 5.27. The zero-order valence-electron chi connectivity index (χ0n) is 19.1. The Hall–Kier alpha value is -1.63. The number of nitrogens with one attached hydrogen (secondary N) is 2. The highest BCUT2D eigenvalue weighted by atomic mass is 16.5. The average Bonchev–Trinajstić information content (AvgIpc) is 3.59. The second-order valence-corrected chi connectivity index (χ2v) is 8.69. The Morgan fingerprint density at radius 3 is 2.67 bits per heavy atom. The van der Waals surface area contributed by atoms with E-state index < -0.39 is 0 Å². The summed E-state index contributed by atoms with van der Waals surface area (Å²) in [6.07, 6.45) is 4.96. The molecule has 1 saturated heterocycles. The number of guanidine groups is 1. The van der Waals surface area contributed by atoms with Gasteiger partial charge in [0.1, 0.15) is 0 Å². The minimum atomic E-state index is 0.484. The normalized spacial score (nSPS) is 23.0. The number of ether oxygens (including phenoxy) is 1. The van der Waals surface area contributed by atoms with E-state index in [-0.39, 0.29) is 0 Å². The molecule has 2 N–H and O–H groups in total. The van der Waals surface area contributed by atoms with E-state index in [0.29, 0.717) is 12.1 Å². The molecule has 2 atom stereocenters. The maximum absolute atomic E-state index is 5.27. The topological polar surface area (TPSA) is 52.1 Å². The largest absolute Gasteiger partial charge is 0.383 e. The van der Waals surface area contributed by atoms with Crippen LogP contribution in [0.4, 0.5) is 0 Å². The van der Waals surface area contributed by atoms with Crippen LogP contribution in [0.15, 0.2) is 35.3 Å². The van der Waals surface area contributed by atoms with E-state index in [0.717, 1.165) is 70.7 Å². The Morgan fingerprint density at radius 1 is 1.20 bits per heavy atom. The molecule has 6 nitrogen and oxygen atoms in total. The first kappa shape index (κ1) is 23.0. The van der Waals surface area contributed by atoms with Crippen LogP contribution in [0.25, 0.3) is 0 Å². The zero-order valence-corrected chi connectivity index (χ0v) is 19.1. The summed E-state index contributed by atoms with van der Waals surface area (Å²) in [5.41, 5.74) is 1.40. The van der Waals surface area contributed by atoms with E-state index >= 15 is 0 Å². The molecule has 0 amide bonds. The Labute approximate surface area is 183 Å². The lowest BCUT2D eigenvalue weighted by Gasteiger charge is -2.38. The van der Waals surface area contributed by atoms with Crippen molar-refractivity contribution >= 4 is 5.96 Å². The highest BCUT2D eigenvalue weighted by Gasteiger charge is 2.28. The molecule has 30 heavy (non-hydrogen) atoms. The molecule has 2 unspecified atom stereocenters. The number of hydrogen-bond donors (Lipinski definition) is 2. The van der Waals surface area contributed by atoms with E-state index in [1.54, 1.807) is 7.11 Å². The van der Waals surface area contributed by atoms with Crippen LogP contribution in [-0.2, 0) is 11.3 Å². The van der Waals surface area contributed by atoms with Crippen molar-refractivity contribution in [1.29, 1.82) is 0 Å². The zero-order chi connectivity index (χ0) is 21.2. The first-order chi connectivity index (χ1) is 14.7. The van der Waals surface area contributed by atoms with Crippen LogP contribution in [0.3, 0.4) is 0 Å². The third-order valence-electron chi connectivity index (χ3n) is 6.23. The number of likely N-dealkylation sites (tertiary alicyclic amines) is 1. The van der Waals surface area contributed by atoms with E-state index in [2.05, 4.69) is 64.6 Å². The Morgan fingerprint density at radius 2 is 2.00 bits per heavy atom. The molecule has 2 aliphatic rings. The molecule has 168 valence electrons. The summed E-state index contributed by atoms with van der Waals surface area (Å²) in [6, 6.07) is 12.6. The Balaban J connectivity index is 1.45. The molecule has 2 fully saturated rings. The smallest absolute Gasteiger partial charge is 0.191 e. The number of piperidine rings is 1. The predicted octanol–water partition coefficient (Wildman–Crippen LogP) is 2.71. The number of hydrogen-bond acceptors (Lipinski definition) is 4. The van der Waals surface area contributed by atoms with Gasteiger partial charge in [0.2, 0.25) is 0 Å². The number of rotatable bonds is 11. The van der Waals surface area contributed by atoms with Crippen LogP contribution >= 0.6 is 0 Å². The predicted molar refractivity (Wildman–Crippen MR) is 125 cm³/mol. The summed E-state index contributed by atoms with van der Waals surface area (Å²) in [4.78, 5) is 10.0. The SMILES string of the molecule is CCNC(=NCCN(CCOC)C1CC1)NC1CCN(Cc2ccccc2)C(C)C1. The van der Waals surface area contributed by atoms with Gasteiger partial charge in [0, 0.05) is 58.0 Å². The Bertz CT molecular complexity index is 634. The second-order valence-electron chi connectivity index (χ2n) is 8.69. The molecule has 1 heterocycles. The van der Waals surface area contributed by atoms with Crippen molar-refractivity contribution in [3.63, 3.8) is 0 Å². The molecule has 0 bridgehead atoms. The monoisotopic (exact) mass is 415 g/mol. The summed E-state index contributed by atoms with van der Waals surface area (Å²) >= 11 is 0. The lowest BCUT2D eigenvalue weighted by atomic mass is 9.97. The molecule has 3 rings (SSSR count). The number of benzene rings is 1. The molecule has 0 aromatic heterocycles. The van der Waals surface area contributed by atoms with Crippen LogP contribution in [-0.4, -0.2) is 80.3 Å². The van der Waals surface area contributed by atoms with E-state index in [1.165, 1.54) is 18.4 Å². The summed E-state index contributed by atoms with van der Waals surface area (Å²) in [5.74, 6) is 0.966. The van der Waals surface area contributed by atoms with E-state index in [1.807, 2.05) is 0 Å². The first-order valence-electron chi connectivity index (χ1n) is 11.8. The van der Waals surface area contributed by atoms with Crippen LogP contribution in [0.5, 0.6) is 0 Å². The fraction of sp³-hybridized carbons (Fsp3) is 0.708. The van der Waals surface area contributed by atoms with Crippen LogP contribution in [0.1, 0.15) is 45.1 Å². The lowest BCUT2D eigenvalue weighted by molar-refractivity contribution is 0.134. The van der Waals surface area contributed by atoms with E-state index in [9.17, 15) is 0 Å². The van der Waals surface area contributed by atoms with Crippen LogP contribution in [0, 0.1) is 0 Å². The standard InChI is InChI=1S/C24H41N5O/c1-4-25-24(26-13-15-28(16-17-30-3)23-10-11-23)27-22-12-14-29(20(2)18-22)19-21-8-6-5-7-9-21/h5-9,20,22-23H,4,10-19H2,1-3H3,(H2,25,26,27). The quantitative estimate of drug-likeness (QED) is 0.430. The van der Waals surface area contributed by atoms with E-state index in [4.69, 9.17) is 9.73 Å². The van der Waals surface area contributed by atoms with Gasteiger partial charge in [-0.05, 0) is 45.1 Å². The molecular weight excluding hydrogens is 374 g/mol. The maximum Gasteiger partial charge on any atom is 0.191 e. The number of methoxy groups -OCH3 is 1. The molecule has 1 saturated carbocycles. The first-order valence-corrected chi connectivity index (χ1v) is 11.8. The molecule has 6 heteroatoms. The van der Waals surface area contributed by atoms with Gasteiger partial charge < -0.3 is 15.4 Å². The lowest BCUT2D eigenvalue weighted by Crippen LogP contribution is -2.51. The van der Waals surface area contributed by atoms with Gasteiger partial charge in [-0.2, -0.15) is 0 Å². The van der Waals surface area contributed by atoms with Crippen molar-refractivity contribution in [3.8, 4) is 0 Å². The summed E-state index contributed by atoms with van der Waals surface area (Å²) in [6.45, 7) is 11.2. The van der Waals surface area contributed by atoms with Gasteiger partial charge in [0.05, 0.1) is 13.2 Å². The van der Waals surface area contributed by atoms with Crippen molar-refractivity contribution in [1.82, 2.24) is 20.4 Å². The van der Waals surface area contributed by atoms with Gasteiger partial charge in [-0.3, -0.25) is 14.8 Å². The second kappa shape index (κ2) is 12.3. The highest BCUT2D eigenvalue weighted by molar-refractivity contribution is 5.80. The van der Waals surface area contributed by atoms with Gasteiger partial charge in [-0.1, -0.05) is 30.3 Å². The van der Waals surface area contributed by atoms with Gasteiger partial charge in [-0.15, -0.1) is 0 Å². The fourth-order valence-electron chi connectivity index (χ4n) is 4.33. The summed E-state index contributed by atoms with van der Waals surface area (Å²) in [7, 11) is 1.78. The van der Waals surface area contributed by atoms with Crippen molar-refractivity contribution < 1.29 is 4.74 Å². The summed E-state index contributed by atoms with van der Waals surface area (Å²) in [5, 5.41) is 7.14. The number of aliphatic imine (C=N–C) groups is 1. The molecule has 0 spiro atoms. The molecule has 0 radical (unpaired) electrons. The van der Waals surface area contributed by atoms with Crippen molar-refractivity contribution in [3.05, 3.63) is 35.9 Å². The molecule has 1 aliphatic heterocycles. The van der Waals surface area contributed by atoms with Gasteiger partial charge in [0.15, 0.2) is 5.96 Å². The van der Waals surface area contributed by atoms with Gasteiger partial charge in [-0.25, -0.2) is 0 Å². The molecule has 1 aliphatic carbocycles. The van der Waals surface area contributed by atoms with Crippen molar-refractivity contribution in [2.75, 3.05) is 46.4 Å². The van der Waals surface area contributed by atoms with Crippen LogP contribution < -0.4 is 10.6 Å². The fourth-order valence-corrected chi connectivity index (χ4v) is 4.33. The van der Waals surface area contributed by atoms with Crippen LogP contribution in [0.2, 0.25) is 0 Å². The molecule has 1 aromatic carbocycles. The van der Waals surface area contributed by atoms with Gasteiger partial charge >= 0.3 is 0 Å². The van der Waals surface area contributed by atoms with Gasteiger partial charge in [0.25, 0.3) is 0 Å². The van der Waals surface area contributed by atoms with Crippen molar-refractivity contribution in [2.24, 2.45) is 4.99 Å². The molecular formula is C24H41N5O. The minimum absolute atomic E-state index is 0.484. The third kappa shape index (κ3) is 7.56. The maximum atomic E-state index is 5.27. The molecule has 1 aromatic rings. The number of nitrogens with zero attached hydrogens (tertiary/aromatic N) is 3. The van der Waals surface area contributed by atoms with Crippen molar-refractivity contribution in [2.45, 2.75) is 64.2 Å². The average molecular weight is 416 g/mol. The minimum Gasteiger partial charge on any atom is -0.383 e.